The third-order valence-electron chi connectivity index (χ3n) is 6.40. The number of nitro benzene ring substituents is 1. The van der Waals surface area contributed by atoms with Crippen LogP contribution in [-0.2, 0) is 30.5 Å². The van der Waals surface area contributed by atoms with Gasteiger partial charge in [-0.2, -0.15) is 0 Å². The van der Waals surface area contributed by atoms with Gasteiger partial charge in [-0.05, 0) is 43.4 Å². The van der Waals surface area contributed by atoms with Crippen LogP contribution in [0.3, 0.4) is 0 Å². The van der Waals surface area contributed by atoms with Crippen molar-refractivity contribution in [1.29, 1.82) is 0 Å². The molecule has 8 N–H and O–H groups in total. The number of guanidine groups is 1. The number of carboxylic acids is 1. The van der Waals surface area contributed by atoms with Gasteiger partial charge in [0.1, 0.15) is 25.2 Å². The van der Waals surface area contributed by atoms with Gasteiger partial charge >= 0.3 is 6.09 Å². The Balaban J connectivity index is 0.00000173. The maximum atomic E-state index is 13.1. The molecule has 2 aromatic rings. The molecule has 2 aromatic carbocycles. The zero-order chi connectivity index (χ0) is 34.1. The van der Waals surface area contributed by atoms with Gasteiger partial charge in [-0.3, -0.25) is 39.6 Å². The number of hydrogen-bond acceptors (Lipinski definition) is 10. The van der Waals surface area contributed by atoms with Crippen LogP contribution in [0, 0.1) is 10.1 Å². The summed E-state index contributed by atoms with van der Waals surface area (Å²) in [5.74, 6) is -2.73. The fraction of sp³-hybridized carbons (Fsp3) is 0.379. The van der Waals surface area contributed by atoms with Crippen molar-refractivity contribution in [3.63, 3.8) is 0 Å². The highest BCUT2D eigenvalue weighted by molar-refractivity contribution is 6.02. The molecule has 1 fully saturated rings. The van der Waals surface area contributed by atoms with Gasteiger partial charge in [0.05, 0.1) is 4.92 Å². The van der Waals surface area contributed by atoms with E-state index < -0.39 is 46.8 Å². The van der Waals surface area contributed by atoms with Crippen molar-refractivity contribution in [2.75, 3.05) is 25.0 Å². The normalized spacial score (nSPS) is 14.0. The first-order valence-electron chi connectivity index (χ1n) is 14.2. The fourth-order valence-electron chi connectivity index (χ4n) is 4.31. The van der Waals surface area contributed by atoms with Crippen LogP contribution in [-0.4, -0.2) is 82.4 Å². The Kier molecular flexibility index (Phi) is 14.9. The Bertz CT molecular complexity index is 1380. The van der Waals surface area contributed by atoms with Gasteiger partial charge in [0.25, 0.3) is 11.7 Å². The van der Waals surface area contributed by atoms with E-state index in [1.54, 1.807) is 12.1 Å². The topological polar surface area (TPSA) is 262 Å². The number of hydrogen-bond donors (Lipinski definition) is 6. The highest BCUT2D eigenvalue weighted by atomic mass is 16.6. The van der Waals surface area contributed by atoms with E-state index in [1.807, 2.05) is 18.2 Å². The number of carbonyl (C=O) groups excluding carboxylic acids is 4. The molecule has 0 aliphatic carbocycles. The SMILES string of the molecule is CC(=O)O.NC(N)=NCCCC(Nc1ccc([N+](=O)[O-])cc1)C(=O)NC(=O)C1CCCN1C(=O)CNC(=O)OCc1ccccc1. The van der Waals surface area contributed by atoms with Crippen LogP contribution >= 0.6 is 0 Å². The first-order valence-corrected chi connectivity index (χ1v) is 14.2. The molecule has 4 amide bonds. The number of benzene rings is 2. The molecule has 1 saturated heterocycles. The highest BCUT2D eigenvalue weighted by Crippen LogP contribution is 2.19. The summed E-state index contributed by atoms with van der Waals surface area (Å²) >= 11 is 0. The van der Waals surface area contributed by atoms with Gasteiger partial charge in [-0.1, -0.05) is 30.3 Å². The van der Waals surface area contributed by atoms with Gasteiger partial charge in [-0.25, -0.2) is 4.79 Å². The van der Waals surface area contributed by atoms with E-state index in [9.17, 15) is 29.3 Å². The summed E-state index contributed by atoms with van der Waals surface area (Å²) in [7, 11) is 0. The van der Waals surface area contributed by atoms with E-state index in [2.05, 4.69) is 20.9 Å². The van der Waals surface area contributed by atoms with Crippen molar-refractivity contribution >= 4 is 47.1 Å². The summed E-state index contributed by atoms with van der Waals surface area (Å²) in [6.07, 6.45) is 0.733. The largest absolute Gasteiger partial charge is 0.481 e. The number of nitrogens with zero attached hydrogens (tertiary/aromatic N) is 3. The lowest BCUT2D eigenvalue weighted by Gasteiger charge is -2.25. The summed E-state index contributed by atoms with van der Waals surface area (Å²) in [5.41, 5.74) is 11.8. The average Bonchev–Trinajstić information content (AvgIpc) is 3.51. The first kappa shape index (κ1) is 36.5. The molecule has 17 heteroatoms. The molecule has 0 radical (unpaired) electrons. The molecule has 0 aromatic heterocycles. The number of ether oxygens (including phenoxy) is 1. The summed E-state index contributed by atoms with van der Waals surface area (Å²) in [6.45, 7) is 1.28. The number of amides is 4. The molecule has 0 spiro atoms. The first-order chi connectivity index (χ1) is 21.9. The Morgan fingerprint density at radius 2 is 1.76 bits per heavy atom. The predicted octanol–water partition coefficient (Wildman–Crippen LogP) is 1.08. The van der Waals surface area contributed by atoms with Gasteiger partial charge < -0.3 is 36.8 Å². The molecule has 2 unspecified atom stereocenters. The van der Waals surface area contributed by atoms with E-state index >= 15 is 0 Å². The number of anilines is 1. The number of aliphatic imine (C=N–C) groups is 1. The zero-order valence-electron chi connectivity index (χ0n) is 25.2. The van der Waals surface area contributed by atoms with E-state index in [4.69, 9.17) is 26.1 Å². The minimum absolute atomic E-state index is 0.0404. The summed E-state index contributed by atoms with van der Waals surface area (Å²) in [5, 5.41) is 26.1. The number of alkyl carbamates (subject to hydrolysis) is 1. The summed E-state index contributed by atoms with van der Waals surface area (Å²) < 4.78 is 5.11. The van der Waals surface area contributed by atoms with Crippen molar-refractivity contribution in [1.82, 2.24) is 15.5 Å². The second-order valence-corrected chi connectivity index (χ2v) is 9.98. The van der Waals surface area contributed by atoms with E-state index in [-0.39, 0.29) is 44.3 Å². The fourth-order valence-corrected chi connectivity index (χ4v) is 4.31. The average molecular weight is 643 g/mol. The van der Waals surface area contributed by atoms with E-state index in [1.165, 1.54) is 29.2 Å². The molecule has 17 nitrogen and oxygen atoms in total. The van der Waals surface area contributed by atoms with Crippen molar-refractivity contribution in [2.24, 2.45) is 16.5 Å². The van der Waals surface area contributed by atoms with Crippen LogP contribution in [0.5, 0.6) is 0 Å². The van der Waals surface area contributed by atoms with Crippen molar-refractivity contribution in [3.8, 4) is 0 Å². The molecule has 1 aliphatic rings. The lowest BCUT2D eigenvalue weighted by Crippen LogP contribution is -2.52. The van der Waals surface area contributed by atoms with Crippen molar-refractivity contribution in [3.05, 3.63) is 70.3 Å². The molecule has 2 atom stereocenters. The van der Waals surface area contributed by atoms with Crippen LogP contribution < -0.4 is 27.4 Å². The number of imide groups is 1. The number of nitrogens with one attached hydrogen (secondary N) is 3. The summed E-state index contributed by atoms with van der Waals surface area (Å²) in [4.78, 5) is 75.6. The van der Waals surface area contributed by atoms with Crippen LogP contribution in [0.1, 0.15) is 38.2 Å². The van der Waals surface area contributed by atoms with Crippen molar-refractivity contribution in [2.45, 2.75) is 51.3 Å². The number of nitro groups is 1. The number of aliphatic carboxylic acids is 1. The van der Waals surface area contributed by atoms with Crippen LogP contribution in [0.4, 0.5) is 16.2 Å². The Hall–Kier alpha value is -5.74. The molecule has 46 heavy (non-hydrogen) atoms. The number of non-ortho nitro benzene ring substituents is 1. The number of rotatable bonds is 13. The molecular formula is C29H38N8O9. The van der Waals surface area contributed by atoms with Gasteiger partial charge in [0.15, 0.2) is 5.96 Å². The maximum absolute atomic E-state index is 13.1. The standard InChI is InChI=1S/C27H34N8O7.C2H4O2/c28-26(29)30-14-4-8-21(32-19-10-12-20(13-11-19)35(40)41)24(37)33-25(38)22-9-5-15-34(22)23(36)16-31-27(39)42-17-18-6-2-1-3-7-18;1-2(3)4/h1-3,6-7,10-13,21-22,32H,4-5,8-9,14-17H2,(H,31,39)(H4,28,29,30)(H,33,37,38);1H3,(H,3,4). The maximum Gasteiger partial charge on any atom is 0.407 e. The van der Waals surface area contributed by atoms with Crippen LogP contribution in [0.25, 0.3) is 0 Å². The van der Waals surface area contributed by atoms with Crippen LogP contribution in [0.2, 0.25) is 0 Å². The number of carboxylic acid groups (broad SMARTS) is 1. The van der Waals surface area contributed by atoms with Gasteiger partial charge in [-0.15, -0.1) is 0 Å². The quantitative estimate of drug-likeness (QED) is 0.0589. The molecule has 3 rings (SSSR count). The lowest BCUT2D eigenvalue weighted by molar-refractivity contribution is -0.384. The monoisotopic (exact) mass is 642 g/mol. The minimum Gasteiger partial charge on any atom is -0.481 e. The third-order valence-corrected chi connectivity index (χ3v) is 6.40. The molecule has 1 heterocycles. The molecule has 1 aliphatic heterocycles. The second-order valence-electron chi connectivity index (χ2n) is 9.98. The third kappa shape index (κ3) is 13.3. The zero-order valence-corrected chi connectivity index (χ0v) is 25.2. The van der Waals surface area contributed by atoms with Crippen LogP contribution in [0.15, 0.2) is 59.6 Å². The number of nitrogens with two attached hydrogens (primary N) is 2. The van der Waals surface area contributed by atoms with E-state index in [0.717, 1.165) is 12.5 Å². The van der Waals surface area contributed by atoms with Gasteiger partial charge in [0.2, 0.25) is 17.7 Å². The molecule has 0 bridgehead atoms. The molecule has 248 valence electrons. The Morgan fingerprint density at radius 1 is 1.11 bits per heavy atom. The number of carbonyl (C=O) groups is 5. The molecule has 0 saturated carbocycles. The summed E-state index contributed by atoms with van der Waals surface area (Å²) in [6, 6.07) is 12.7. The van der Waals surface area contributed by atoms with Crippen molar-refractivity contribution < 1.29 is 38.7 Å². The predicted molar refractivity (Wildman–Crippen MR) is 166 cm³/mol. The lowest BCUT2D eigenvalue weighted by atomic mass is 10.1. The Morgan fingerprint density at radius 3 is 2.37 bits per heavy atom. The smallest absolute Gasteiger partial charge is 0.407 e. The van der Waals surface area contributed by atoms with Gasteiger partial charge in [0, 0.05) is 37.8 Å². The Labute approximate surface area is 264 Å². The second kappa shape index (κ2) is 18.8. The van der Waals surface area contributed by atoms with E-state index in [0.29, 0.717) is 24.9 Å². The molecular weight excluding hydrogens is 604 g/mol. The minimum atomic E-state index is -0.906. The number of likely N-dealkylation sites (tertiary alicyclic amines) is 1. The highest BCUT2D eigenvalue weighted by Gasteiger charge is 2.35.